The van der Waals surface area contributed by atoms with Gasteiger partial charge in [-0.25, -0.2) is 0 Å². The highest BCUT2D eigenvalue weighted by Crippen LogP contribution is 2.21. The highest BCUT2D eigenvalue weighted by atomic mass is 35.5. The molecule has 3 aromatic carbocycles. The second kappa shape index (κ2) is 13.5. The maximum absolute atomic E-state index is 4.68. The summed E-state index contributed by atoms with van der Waals surface area (Å²) < 4.78 is 0. The Bertz CT molecular complexity index is 1260. The van der Waals surface area contributed by atoms with E-state index in [1.807, 2.05) is 0 Å². The monoisotopic (exact) mass is 564 g/mol. The number of hydrogen-bond acceptors (Lipinski definition) is 4. The number of nitrogens with zero attached hydrogens (tertiary/aromatic N) is 4. The summed E-state index contributed by atoms with van der Waals surface area (Å²) >= 11 is 0. The van der Waals surface area contributed by atoms with Gasteiger partial charge in [0, 0.05) is 38.3 Å². The quantitative estimate of drug-likeness (QED) is 0.316. The summed E-state index contributed by atoms with van der Waals surface area (Å²) in [5, 5.41) is 0. The van der Waals surface area contributed by atoms with E-state index in [9.17, 15) is 0 Å². The molecule has 0 unspecified atom stereocenters. The average molecular weight is 566 g/mol. The zero-order valence-electron chi connectivity index (χ0n) is 24.0. The van der Waals surface area contributed by atoms with E-state index in [2.05, 4.69) is 109 Å². The molecule has 0 fully saturated rings. The third-order valence-electron chi connectivity index (χ3n) is 7.88. The van der Waals surface area contributed by atoms with Gasteiger partial charge in [-0.15, -0.1) is 24.8 Å². The Morgan fingerprint density at radius 2 is 1.03 bits per heavy atom. The number of aliphatic imine (C=N–C) groups is 2. The molecule has 0 atom stereocenters. The van der Waals surface area contributed by atoms with E-state index < -0.39 is 0 Å². The summed E-state index contributed by atoms with van der Waals surface area (Å²) in [6.45, 7) is 10.5. The van der Waals surface area contributed by atoms with Crippen LogP contribution in [0, 0.1) is 20.8 Å². The molecule has 0 amide bonds. The molecule has 0 spiro atoms. The van der Waals surface area contributed by atoms with Crippen LogP contribution in [0.3, 0.4) is 0 Å². The maximum Gasteiger partial charge on any atom is 0.130 e. The van der Waals surface area contributed by atoms with Crippen molar-refractivity contribution in [3.8, 4) is 0 Å². The van der Waals surface area contributed by atoms with Gasteiger partial charge >= 0.3 is 0 Å². The van der Waals surface area contributed by atoms with Gasteiger partial charge in [-0.05, 0) is 92.0 Å². The first kappa shape index (κ1) is 30.7. The third-order valence-corrected chi connectivity index (χ3v) is 7.88. The standard InChI is InChI=1S/C33H40N4.2ClH/c1-23-18-26(6-8-28-10-12-30(20-24(28)2)32-34-14-16-36(32)4)22-27(19-23)7-9-29-11-13-31(21-25(29)3)33-35-15-17-37(33)5;;/h10-13,18-22H,6-9,14-17H2,1-5H3;2*1H. The average Bonchev–Trinajstić information content (AvgIpc) is 3.50. The topological polar surface area (TPSA) is 31.2 Å². The minimum Gasteiger partial charge on any atom is -0.358 e. The number of amidine groups is 2. The molecule has 0 saturated heterocycles. The molecule has 2 aliphatic rings. The van der Waals surface area contributed by atoms with Gasteiger partial charge in [-0.2, -0.15) is 0 Å². The van der Waals surface area contributed by atoms with Crippen LogP contribution in [-0.2, 0) is 25.7 Å². The van der Waals surface area contributed by atoms with Gasteiger partial charge < -0.3 is 9.80 Å². The number of aryl methyl sites for hydroxylation is 7. The Morgan fingerprint density at radius 1 is 0.590 bits per heavy atom. The zero-order chi connectivity index (χ0) is 25.9. The summed E-state index contributed by atoms with van der Waals surface area (Å²) in [6.07, 6.45) is 4.27. The van der Waals surface area contributed by atoms with E-state index in [0.717, 1.165) is 63.5 Å². The molecule has 0 bridgehead atoms. The Hall–Kier alpha value is -2.82. The molecule has 3 aromatic rings. The van der Waals surface area contributed by atoms with Crippen molar-refractivity contribution in [2.45, 2.75) is 46.5 Å². The van der Waals surface area contributed by atoms with Crippen molar-refractivity contribution >= 4 is 36.5 Å². The van der Waals surface area contributed by atoms with Gasteiger partial charge in [0.2, 0.25) is 0 Å². The van der Waals surface area contributed by atoms with E-state index in [4.69, 9.17) is 0 Å². The molecule has 4 nitrogen and oxygen atoms in total. The van der Waals surface area contributed by atoms with Gasteiger partial charge in [0.25, 0.3) is 0 Å². The molecule has 0 saturated carbocycles. The van der Waals surface area contributed by atoms with E-state index in [1.165, 1.54) is 50.1 Å². The second-order valence-corrected chi connectivity index (χ2v) is 10.9. The fourth-order valence-electron chi connectivity index (χ4n) is 5.71. The molecule has 39 heavy (non-hydrogen) atoms. The van der Waals surface area contributed by atoms with Crippen molar-refractivity contribution in [3.05, 3.63) is 105 Å². The number of rotatable bonds is 8. The lowest BCUT2D eigenvalue weighted by Crippen LogP contribution is -2.23. The zero-order valence-corrected chi connectivity index (χ0v) is 25.6. The summed E-state index contributed by atoms with van der Waals surface area (Å²) in [5.41, 5.74) is 12.3. The first-order valence-electron chi connectivity index (χ1n) is 13.7. The third kappa shape index (κ3) is 7.23. The number of likely N-dealkylation sites (N-methyl/N-ethyl adjacent to an activating group) is 2. The largest absolute Gasteiger partial charge is 0.358 e. The molecule has 208 valence electrons. The van der Waals surface area contributed by atoms with E-state index in [1.54, 1.807) is 0 Å². The Kier molecular flexibility index (Phi) is 10.6. The minimum atomic E-state index is 0. The van der Waals surface area contributed by atoms with Crippen molar-refractivity contribution < 1.29 is 0 Å². The van der Waals surface area contributed by atoms with E-state index >= 15 is 0 Å². The van der Waals surface area contributed by atoms with Gasteiger partial charge in [0.1, 0.15) is 11.7 Å². The van der Waals surface area contributed by atoms with Crippen molar-refractivity contribution in [1.82, 2.24) is 9.80 Å². The van der Waals surface area contributed by atoms with E-state index in [0.29, 0.717) is 0 Å². The molecular weight excluding hydrogens is 523 g/mol. The van der Waals surface area contributed by atoms with Crippen molar-refractivity contribution in [3.63, 3.8) is 0 Å². The summed E-state index contributed by atoms with van der Waals surface area (Å²) in [5.74, 6) is 2.25. The second-order valence-electron chi connectivity index (χ2n) is 10.9. The first-order chi connectivity index (χ1) is 17.9. The lowest BCUT2D eigenvalue weighted by atomic mass is 9.94. The first-order valence-corrected chi connectivity index (χ1v) is 13.7. The Labute approximate surface area is 247 Å². The van der Waals surface area contributed by atoms with Gasteiger partial charge in [-0.1, -0.05) is 48.0 Å². The van der Waals surface area contributed by atoms with Crippen molar-refractivity contribution in [2.24, 2.45) is 9.98 Å². The molecule has 5 rings (SSSR count). The van der Waals surface area contributed by atoms with Gasteiger partial charge in [-0.3, -0.25) is 9.98 Å². The van der Waals surface area contributed by atoms with Crippen LogP contribution < -0.4 is 0 Å². The molecule has 0 N–H and O–H groups in total. The maximum atomic E-state index is 4.68. The molecule has 0 aromatic heterocycles. The predicted molar refractivity (Wildman–Crippen MR) is 171 cm³/mol. The van der Waals surface area contributed by atoms with Crippen LogP contribution in [0.25, 0.3) is 0 Å². The van der Waals surface area contributed by atoms with Gasteiger partial charge in [0.05, 0.1) is 13.1 Å². The molecular formula is C33H42Cl2N4. The van der Waals surface area contributed by atoms with Crippen molar-refractivity contribution in [2.75, 3.05) is 40.3 Å². The highest BCUT2D eigenvalue weighted by Gasteiger charge is 2.16. The summed E-state index contributed by atoms with van der Waals surface area (Å²) in [7, 11) is 4.26. The van der Waals surface area contributed by atoms with Crippen LogP contribution in [0.2, 0.25) is 0 Å². The molecule has 2 aliphatic heterocycles. The van der Waals surface area contributed by atoms with Crippen LogP contribution in [0.4, 0.5) is 0 Å². The number of hydrogen-bond donors (Lipinski definition) is 0. The number of benzene rings is 3. The SMILES string of the molecule is Cc1cc(CCc2ccc(C3=NCCN3C)cc2C)cc(CCc2ccc(C3=NCCN3C)cc2C)c1.Cl.Cl. The van der Waals surface area contributed by atoms with Crippen LogP contribution in [-0.4, -0.2) is 61.7 Å². The van der Waals surface area contributed by atoms with Crippen LogP contribution in [0.5, 0.6) is 0 Å². The smallest absolute Gasteiger partial charge is 0.130 e. The van der Waals surface area contributed by atoms with Crippen LogP contribution >= 0.6 is 24.8 Å². The molecule has 0 radical (unpaired) electrons. The normalized spacial score (nSPS) is 14.6. The van der Waals surface area contributed by atoms with Crippen molar-refractivity contribution in [1.29, 1.82) is 0 Å². The Balaban J connectivity index is 0.00000210. The summed E-state index contributed by atoms with van der Waals surface area (Å²) in [6, 6.07) is 20.8. The molecule has 0 aliphatic carbocycles. The van der Waals surface area contributed by atoms with Crippen LogP contribution in [0.1, 0.15) is 50.1 Å². The Morgan fingerprint density at radius 3 is 1.38 bits per heavy atom. The summed E-state index contributed by atoms with van der Waals surface area (Å²) in [4.78, 5) is 13.9. The predicted octanol–water partition coefficient (Wildman–Crippen LogP) is 6.41. The van der Waals surface area contributed by atoms with Crippen LogP contribution in [0.15, 0.2) is 64.6 Å². The minimum absolute atomic E-state index is 0. The molecule has 6 heteroatoms. The van der Waals surface area contributed by atoms with Gasteiger partial charge in [0.15, 0.2) is 0 Å². The fraction of sp³-hybridized carbons (Fsp3) is 0.394. The lowest BCUT2D eigenvalue weighted by molar-refractivity contribution is 0.557. The number of halogens is 2. The highest BCUT2D eigenvalue weighted by molar-refractivity contribution is 6.00. The molecule has 2 heterocycles. The fourth-order valence-corrected chi connectivity index (χ4v) is 5.71. The lowest BCUT2D eigenvalue weighted by Gasteiger charge is -2.16. The van der Waals surface area contributed by atoms with E-state index in [-0.39, 0.29) is 24.8 Å².